The quantitative estimate of drug-likeness (QED) is 0.0762. The maximum atomic E-state index is 12.8. The molecule has 14 nitrogen and oxygen atoms in total. The number of ether oxygens (including phenoxy) is 5. The van der Waals surface area contributed by atoms with Gasteiger partial charge in [-0.15, -0.1) is 0 Å². The zero-order chi connectivity index (χ0) is 44.4. The average Bonchev–Trinajstić information content (AvgIpc) is 3.28. The Kier molecular flexibility index (Phi) is 30.9. The summed E-state index contributed by atoms with van der Waals surface area (Å²) in [6.07, 6.45) is 8.80. The van der Waals surface area contributed by atoms with Crippen LogP contribution in [0.15, 0.2) is 42.5 Å². The lowest BCUT2D eigenvalue weighted by Crippen LogP contribution is -2.43. The molecular weight excluding hydrogens is 767 g/mol. The van der Waals surface area contributed by atoms with Crippen molar-refractivity contribution in [3.8, 4) is 11.5 Å². The Labute approximate surface area is 360 Å². The number of hydrogen-bond acceptors (Lipinski definition) is 11. The van der Waals surface area contributed by atoms with Crippen LogP contribution in [0.4, 0.5) is 0 Å². The van der Waals surface area contributed by atoms with Crippen LogP contribution in [-0.4, -0.2) is 115 Å². The van der Waals surface area contributed by atoms with Gasteiger partial charge in [-0.2, -0.15) is 0 Å². The standard InChI is InChI=1S/C24H31N3O4.C18H34N2O5.2C2H6/c1-3-31-22-13-21(30-2)10-9-19(22)14-26-15-23(28)27-11-5-8-20(16-27)17-6-4-7-18(12-17)24(25)29;1-2-25-18(22)15-19-8-10-23-12-13-24-11-9-20-17(21)14-16-6-4-3-5-7-16;2*1-2/h4,6-7,9-10,12-13,20,26H,3,5,8,11,14-16H2,1-2H3,(H2,25,29);16,19H,2-15H2,1H3,(H,20,21);2*1-2H3. The number of carbonyl (C=O) groups is 4. The normalized spacial score (nSPS) is 14.8. The van der Waals surface area contributed by atoms with Crippen LogP contribution < -0.4 is 31.2 Å². The van der Waals surface area contributed by atoms with Gasteiger partial charge in [0.05, 0.1) is 59.8 Å². The lowest BCUT2D eigenvalue weighted by atomic mass is 9.87. The van der Waals surface area contributed by atoms with Gasteiger partial charge >= 0.3 is 5.97 Å². The van der Waals surface area contributed by atoms with Crippen LogP contribution in [0, 0.1) is 5.92 Å². The highest BCUT2D eigenvalue weighted by atomic mass is 16.5. The van der Waals surface area contributed by atoms with E-state index in [0.717, 1.165) is 42.0 Å². The highest BCUT2D eigenvalue weighted by molar-refractivity contribution is 5.93. The predicted octanol–water partition coefficient (Wildman–Crippen LogP) is 6.00. The Balaban J connectivity index is 0.000000566. The van der Waals surface area contributed by atoms with E-state index in [0.29, 0.717) is 83.7 Å². The van der Waals surface area contributed by atoms with Crippen LogP contribution in [0.1, 0.15) is 120 Å². The Morgan fingerprint density at radius 1 is 0.800 bits per heavy atom. The fraction of sp³-hybridized carbons (Fsp3) is 0.652. The van der Waals surface area contributed by atoms with Gasteiger partial charge in [0.1, 0.15) is 11.5 Å². The maximum Gasteiger partial charge on any atom is 0.319 e. The number of nitrogens with two attached hydrogens (primary N) is 1. The molecule has 0 radical (unpaired) electrons. The molecule has 1 aliphatic heterocycles. The summed E-state index contributed by atoms with van der Waals surface area (Å²) >= 11 is 0. The highest BCUT2D eigenvalue weighted by Crippen LogP contribution is 2.28. The molecule has 0 spiro atoms. The molecule has 1 heterocycles. The predicted molar refractivity (Wildman–Crippen MR) is 237 cm³/mol. The Hall–Kier alpha value is -4.24. The van der Waals surface area contributed by atoms with Crippen molar-refractivity contribution in [1.82, 2.24) is 20.9 Å². The number of methoxy groups -OCH3 is 1. The third-order valence-corrected chi connectivity index (χ3v) is 9.72. The number of primary amides is 1. The second kappa shape index (κ2) is 34.5. The molecule has 3 amide bonds. The first-order chi connectivity index (χ1) is 29.2. The molecule has 1 atom stereocenters. The van der Waals surface area contributed by atoms with Crippen LogP contribution in [0.25, 0.3) is 0 Å². The molecule has 1 unspecified atom stereocenters. The third-order valence-electron chi connectivity index (χ3n) is 9.72. The lowest BCUT2D eigenvalue weighted by Gasteiger charge is -2.33. The average molecular weight is 844 g/mol. The molecule has 4 rings (SSSR count). The molecule has 2 aliphatic rings. The molecule has 0 bridgehead atoms. The van der Waals surface area contributed by atoms with Crippen molar-refractivity contribution in [2.75, 3.05) is 86.0 Å². The van der Waals surface area contributed by atoms with E-state index in [1.807, 2.05) is 75.9 Å². The number of benzene rings is 2. The van der Waals surface area contributed by atoms with E-state index in [-0.39, 0.29) is 36.8 Å². The summed E-state index contributed by atoms with van der Waals surface area (Å²) in [7, 11) is 1.62. The van der Waals surface area contributed by atoms with Crippen molar-refractivity contribution in [1.29, 1.82) is 0 Å². The summed E-state index contributed by atoms with van der Waals surface area (Å²) in [5, 5.41) is 9.09. The molecule has 5 N–H and O–H groups in total. The summed E-state index contributed by atoms with van der Waals surface area (Å²) in [5.41, 5.74) is 7.95. The van der Waals surface area contributed by atoms with Crippen LogP contribution in [0.2, 0.25) is 0 Å². The molecule has 2 fully saturated rings. The topological polar surface area (TPSA) is 180 Å². The van der Waals surface area contributed by atoms with Gasteiger partial charge in [-0.05, 0) is 69.2 Å². The Morgan fingerprint density at radius 2 is 1.52 bits per heavy atom. The van der Waals surface area contributed by atoms with Gasteiger partial charge in [-0.3, -0.25) is 19.2 Å². The number of hydrogen-bond donors (Lipinski definition) is 4. The minimum atomic E-state index is -0.431. The summed E-state index contributed by atoms with van der Waals surface area (Å²) in [4.78, 5) is 49.0. The van der Waals surface area contributed by atoms with Gasteiger partial charge in [0.25, 0.3) is 0 Å². The zero-order valence-corrected chi connectivity index (χ0v) is 37.7. The smallest absolute Gasteiger partial charge is 0.319 e. The number of amides is 3. The number of nitrogens with one attached hydrogen (secondary N) is 3. The lowest BCUT2D eigenvalue weighted by molar-refractivity contribution is -0.142. The second-order valence-corrected chi connectivity index (χ2v) is 13.9. The monoisotopic (exact) mass is 844 g/mol. The largest absolute Gasteiger partial charge is 0.497 e. The number of esters is 1. The van der Waals surface area contributed by atoms with Crippen LogP contribution in [-0.2, 0) is 35.1 Å². The van der Waals surface area contributed by atoms with Gasteiger partial charge in [-0.25, -0.2) is 0 Å². The van der Waals surface area contributed by atoms with Gasteiger partial charge < -0.3 is 50.3 Å². The fourth-order valence-electron chi connectivity index (χ4n) is 6.79. The van der Waals surface area contributed by atoms with Gasteiger partial charge in [-0.1, -0.05) is 65.2 Å². The van der Waals surface area contributed by atoms with Crippen molar-refractivity contribution in [2.45, 2.75) is 105 Å². The van der Waals surface area contributed by atoms with E-state index >= 15 is 0 Å². The van der Waals surface area contributed by atoms with E-state index in [1.165, 1.54) is 32.1 Å². The van der Waals surface area contributed by atoms with Crippen molar-refractivity contribution in [2.24, 2.45) is 11.7 Å². The van der Waals surface area contributed by atoms with Crippen molar-refractivity contribution in [3.05, 3.63) is 59.2 Å². The van der Waals surface area contributed by atoms with Crippen molar-refractivity contribution < 1.29 is 42.9 Å². The fourth-order valence-corrected chi connectivity index (χ4v) is 6.79. The summed E-state index contributed by atoms with van der Waals surface area (Å²) in [5.74, 6) is 1.80. The summed E-state index contributed by atoms with van der Waals surface area (Å²) in [6.45, 7) is 18.2. The van der Waals surface area contributed by atoms with Gasteiger partial charge in [0, 0.05) is 62.3 Å². The number of carbonyl (C=O) groups excluding carboxylic acids is 4. The molecule has 340 valence electrons. The first-order valence-electron chi connectivity index (χ1n) is 22.2. The summed E-state index contributed by atoms with van der Waals surface area (Å²) in [6, 6.07) is 13.1. The van der Waals surface area contributed by atoms with Crippen molar-refractivity contribution >= 4 is 23.7 Å². The van der Waals surface area contributed by atoms with Gasteiger partial charge in [0.15, 0.2) is 0 Å². The Morgan fingerprint density at radius 3 is 2.18 bits per heavy atom. The SMILES string of the molecule is CC.CC.CCOC(=O)CNCCOCCOCCNC(=O)CC1CCCCC1.CCOc1cc(OC)ccc1CNCC(=O)N1CCCC(c2cccc(C(N)=O)c2)C1. The molecule has 1 saturated heterocycles. The molecule has 1 saturated carbocycles. The Bertz CT molecular complexity index is 1470. The first-order valence-corrected chi connectivity index (χ1v) is 22.2. The van der Waals surface area contributed by atoms with E-state index in [1.54, 1.807) is 20.1 Å². The van der Waals surface area contributed by atoms with E-state index in [2.05, 4.69) is 16.0 Å². The molecule has 60 heavy (non-hydrogen) atoms. The van der Waals surface area contributed by atoms with Gasteiger partial charge in [0.2, 0.25) is 17.7 Å². The molecule has 0 aromatic heterocycles. The third kappa shape index (κ3) is 22.9. The maximum absolute atomic E-state index is 12.8. The number of piperidine rings is 1. The zero-order valence-electron chi connectivity index (χ0n) is 37.7. The number of rotatable bonds is 23. The second-order valence-electron chi connectivity index (χ2n) is 13.9. The molecule has 2 aromatic carbocycles. The summed E-state index contributed by atoms with van der Waals surface area (Å²) < 4.78 is 26.5. The van der Waals surface area contributed by atoms with Crippen LogP contribution >= 0.6 is 0 Å². The molecule has 1 aliphatic carbocycles. The number of likely N-dealkylation sites (tertiary alicyclic amines) is 1. The first kappa shape index (κ1) is 53.8. The molecular formula is C46H77N5O9. The van der Waals surface area contributed by atoms with E-state index in [4.69, 9.17) is 29.4 Å². The van der Waals surface area contributed by atoms with Crippen molar-refractivity contribution in [3.63, 3.8) is 0 Å². The van der Waals surface area contributed by atoms with Crippen LogP contribution in [0.3, 0.4) is 0 Å². The van der Waals surface area contributed by atoms with E-state index in [9.17, 15) is 19.2 Å². The minimum Gasteiger partial charge on any atom is -0.497 e. The number of nitrogens with zero attached hydrogens (tertiary/aromatic N) is 1. The molecule has 2 aromatic rings. The highest BCUT2D eigenvalue weighted by Gasteiger charge is 2.25. The minimum absolute atomic E-state index is 0.0715. The molecule has 14 heteroatoms. The van der Waals surface area contributed by atoms with Crippen LogP contribution in [0.5, 0.6) is 11.5 Å². The van der Waals surface area contributed by atoms with E-state index < -0.39 is 5.91 Å².